The van der Waals surface area contributed by atoms with Crippen LogP contribution in [0.4, 0.5) is 5.95 Å². The molecule has 4 fully saturated rings. The first-order chi connectivity index (χ1) is 13.4. The molecule has 4 aliphatic rings. The SMILES string of the molecule is Cc1nc(N(C)C)ncc1C(=O)NC12CC3CC(C1)CC(n1ncnn1)(C3)C2. The van der Waals surface area contributed by atoms with Crippen LogP contribution in [0.2, 0.25) is 0 Å². The minimum Gasteiger partial charge on any atom is -0.347 e. The molecule has 0 saturated heterocycles. The maximum Gasteiger partial charge on any atom is 0.255 e. The molecule has 148 valence electrons. The highest BCUT2D eigenvalue weighted by Crippen LogP contribution is 2.60. The average molecular weight is 382 g/mol. The molecule has 0 radical (unpaired) electrons. The topological polar surface area (TPSA) is 102 Å². The second-order valence-electron chi connectivity index (χ2n) is 9.21. The van der Waals surface area contributed by atoms with E-state index in [-0.39, 0.29) is 17.0 Å². The highest BCUT2D eigenvalue weighted by molar-refractivity contribution is 5.95. The van der Waals surface area contributed by atoms with Crippen LogP contribution in [-0.2, 0) is 5.54 Å². The molecule has 6 rings (SSSR count). The molecule has 4 aliphatic carbocycles. The van der Waals surface area contributed by atoms with Gasteiger partial charge in [0.25, 0.3) is 5.91 Å². The second-order valence-corrected chi connectivity index (χ2v) is 9.21. The Bertz CT molecular complexity index is 895. The summed E-state index contributed by atoms with van der Waals surface area (Å²) >= 11 is 0. The molecule has 1 amide bonds. The number of anilines is 1. The van der Waals surface area contributed by atoms with Gasteiger partial charge in [-0.1, -0.05) is 0 Å². The number of nitrogens with zero attached hydrogens (tertiary/aromatic N) is 7. The molecule has 2 unspecified atom stereocenters. The lowest BCUT2D eigenvalue weighted by Gasteiger charge is -2.61. The largest absolute Gasteiger partial charge is 0.347 e. The Morgan fingerprint density at radius 3 is 2.61 bits per heavy atom. The van der Waals surface area contributed by atoms with E-state index in [9.17, 15) is 4.79 Å². The van der Waals surface area contributed by atoms with E-state index >= 15 is 0 Å². The molecule has 28 heavy (non-hydrogen) atoms. The van der Waals surface area contributed by atoms with Crippen molar-refractivity contribution in [3.8, 4) is 0 Å². The monoisotopic (exact) mass is 382 g/mol. The van der Waals surface area contributed by atoms with Crippen LogP contribution in [0.1, 0.15) is 54.6 Å². The van der Waals surface area contributed by atoms with E-state index in [2.05, 4.69) is 30.7 Å². The molecule has 2 aromatic rings. The quantitative estimate of drug-likeness (QED) is 0.851. The number of rotatable bonds is 4. The smallest absolute Gasteiger partial charge is 0.255 e. The summed E-state index contributed by atoms with van der Waals surface area (Å²) in [6, 6.07) is 0. The first-order valence-electron chi connectivity index (χ1n) is 9.95. The first-order valence-corrected chi connectivity index (χ1v) is 9.95. The molecule has 2 aromatic heterocycles. The van der Waals surface area contributed by atoms with Gasteiger partial charge in [0.05, 0.1) is 16.8 Å². The Labute approximate surface area is 163 Å². The fourth-order valence-corrected chi connectivity index (χ4v) is 6.18. The molecule has 9 heteroatoms. The van der Waals surface area contributed by atoms with E-state index in [1.807, 2.05) is 30.7 Å². The van der Waals surface area contributed by atoms with Gasteiger partial charge < -0.3 is 10.2 Å². The zero-order valence-corrected chi connectivity index (χ0v) is 16.6. The standard InChI is InChI=1S/C19H26N8O/c1-12-15(9-20-17(23-12)26(2)3)16(28)24-18-5-13-4-14(6-18)8-19(7-13,10-18)27-22-11-21-25-27/h9,11,13-14H,4-8,10H2,1-3H3,(H,24,28). The van der Waals surface area contributed by atoms with Gasteiger partial charge in [-0.15, -0.1) is 10.2 Å². The Hall–Kier alpha value is -2.58. The van der Waals surface area contributed by atoms with Crippen molar-refractivity contribution in [3.05, 3.63) is 23.8 Å². The minimum absolute atomic E-state index is 0.0774. The van der Waals surface area contributed by atoms with Gasteiger partial charge in [-0.3, -0.25) is 4.79 Å². The number of aromatic nitrogens is 6. The van der Waals surface area contributed by atoms with Crippen LogP contribution in [0.5, 0.6) is 0 Å². The van der Waals surface area contributed by atoms with Gasteiger partial charge in [0.15, 0.2) is 6.33 Å². The van der Waals surface area contributed by atoms with Crippen LogP contribution >= 0.6 is 0 Å². The molecule has 0 aliphatic heterocycles. The normalized spacial score (nSPS) is 33.1. The summed E-state index contributed by atoms with van der Waals surface area (Å²) in [6.07, 6.45) is 9.48. The van der Waals surface area contributed by atoms with Crippen molar-refractivity contribution in [3.63, 3.8) is 0 Å². The number of hydrogen-bond acceptors (Lipinski definition) is 7. The number of nitrogens with one attached hydrogen (secondary N) is 1. The number of tetrazole rings is 1. The van der Waals surface area contributed by atoms with E-state index in [4.69, 9.17) is 0 Å². The van der Waals surface area contributed by atoms with Gasteiger partial charge in [-0.2, -0.15) is 4.80 Å². The molecule has 4 bridgehead atoms. The van der Waals surface area contributed by atoms with Crippen molar-refractivity contribution < 1.29 is 4.79 Å². The first kappa shape index (κ1) is 17.5. The number of hydrogen-bond donors (Lipinski definition) is 1. The van der Waals surface area contributed by atoms with Crippen LogP contribution in [0, 0.1) is 18.8 Å². The molecule has 0 aromatic carbocycles. The third-order valence-electron chi connectivity index (χ3n) is 6.79. The van der Waals surface area contributed by atoms with Crippen LogP contribution in [-0.4, -0.2) is 55.7 Å². The van der Waals surface area contributed by atoms with Crippen LogP contribution in [0.3, 0.4) is 0 Å². The zero-order chi connectivity index (χ0) is 19.5. The molecular formula is C19H26N8O. The van der Waals surface area contributed by atoms with E-state index in [0.29, 0.717) is 29.0 Å². The Morgan fingerprint density at radius 2 is 2.00 bits per heavy atom. The van der Waals surface area contributed by atoms with Gasteiger partial charge in [0.1, 0.15) is 0 Å². The van der Waals surface area contributed by atoms with Crippen molar-refractivity contribution in [2.75, 3.05) is 19.0 Å². The van der Waals surface area contributed by atoms with Crippen LogP contribution in [0.25, 0.3) is 0 Å². The lowest BCUT2D eigenvalue weighted by molar-refractivity contribution is -0.0810. The van der Waals surface area contributed by atoms with Gasteiger partial charge in [-0.05, 0) is 62.5 Å². The summed E-state index contributed by atoms with van der Waals surface area (Å²) in [5.41, 5.74) is 0.929. The summed E-state index contributed by atoms with van der Waals surface area (Å²) in [4.78, 5) is 25.6. The van der Waals surface area contributed by atoms with Crippen molar-refractivity contribution in [2.45, 2.75) is 56.5 Å². The van der Waals surface area contributed by atoms with Crippen LogP contribution in [0.15, 0.2) is 12.5 Å². The maximum absolute atomic E-state index is 13.2. The Balaban J connectivity index is 1.43. The molecule has 9 nitrogen and oxygen atoms in total. The van der Waals surface area contributed by atoms with Crippen molar-refractivity contribution >= 4 is 11.9 Å². The predicted octanol–water partition coefficient (Wildman–Crippen LogP) is 1.32. The Kier molecular flexibility index (Phi) is 3.73. The van der Waals surface area contributed by atoms with E-state index in [0.717, 1.165) is 32.1 Å². The van der Waals surface area contributed by atoms with Crippen molar-refractivity contribution in [2.24, 2.45) is 11.8 Å². The van der Waals surface area contributed by atoms with Crippen LogP contribution < -0.4 is 10.2 Å². The van der Waals surface area contributed by atoms with E-state index in [1.54, 1.807) is 6.20 Å². The number of carbonyl (C=O) groups is 1. The maximum atomic E-state index is 13.2. The highest BCUT2D eigenvalue weighted by Gasteiger charge is 2.60. The zero-order valence-electron chi connectivity index (χ0n) is 16.6. The molecule has 2 atom stereocenters. The third-order valence-corrected chi connectivity index (χ3v) is 6.79. The summed E-state index contributed by atoms with van der Waals surface area (Å²) in [5.74, 6) is 1.73. The third kappa shape index (κ3) is 2.67. The lowest BCUT2D eigenvalue weighted by Crippen LogP contribution is -2.66. The average Bonchev–Trinajstić information content (AvgIpc) is 3.15. The number of carbonyl (C=O) groups excluding carboxylic acids is 1. The van der Waals surface area contributed by atoms with Gasteiger partial charge in [0, 0.05) is 25.8 Å². The fraction of sp³-hybridized carbons (Fsp3) is 0.684. The summed E-state index contributed by atoms with van der Waals surface area (Å²) < 4.78 is 0. The molecule has 0 spiro atoms. The van der Waals surface area contributed by atoms with E-state index in [1.165, 1.54) is 12.7 Å². The molecule has 2 heterocycles. The molecular weight excluding hydrogens is 356 g/mol. The Morgan fingerprint density at radius 1 is 1.25 bits per heavy atom. The van der Waals surface area contributed by atoms with E-state index < -0.39 is 0 Å². The predicted molar refractivity (Wildman–Crippen MR) is 102 cm³/mol. The molecule has 4 saturated carbocycles. The highest BCUT2D eigenvalue weighted by atomic mass is 16.1. The van der Waals surface area contributed by atoms with Gasteiger partial charge >= 0.3 is 0 Å². The second kappa shape index (κ2) is 5.96. The number of amides is 1. The molecule has 1 N–H and O–H groups in total. The summed E-state index contributed by atoms with van der Waals surface area (Å²) in [6.45, 7) is 1.87. The van der Waals surface area contributed by atoms with Crippen molar-refractivity contribution in [1.82, 2.24) is 35.5 Å². The summed E-state index contributed by atoms with van der Waals surface area (Å²) in [7, 11) is 3.78. The van der Waals surface area contributed by atoms with Crippen molar-refractivity contribution in [1.29, 1.82) is 0 Å². The lowest BCUT2D eigenvalue weighted by atomic mass is 9.50. The van der Waals surface area contributed by atoms with Gasteiger partial charge in [-0.25, -0.2) is 9.97 Å². The van der Waals surface area contributed by atoms with Gasteiger partial charge in [0.2, 0.25) is 5.95 Å². The summed E-state index contributed by atoms with van der Waals surface area (Å²) in [5, 5.41) is 15.9. The minimum atomic E-state index is -0.207. The fourth-order valence-electron chi connectivity index (χ4n) is 6.18. The number of aryl methyl sites for hydroxylation is 1.